The van der Waals surface area contributed by atoms with Crippen LogP contribution in [0.4, 0.5) is 5.69 Å². The number of ether oxygens (including phenoxy) is 1. The molecular formula is C34H45NO4. The van der Waals surface area contributed by atoms with Crippen LogP contribution in [0.1, 0.15) is 111 Å². The number of carboxylic acids is 1. The van der Waals surface area contributed by atoms with Crippen molar-refractivity contribution >= 4 is 17.6 Å². The average Bonchev–Trinajstić information content (AvgIpc) is 2.92. The minimum atomic E-state index is -0.986. The number of rotatable bonds is 14. The van der Waals surface area contributed by atoms with Gasteiger partial charge in [0, 0.05) is 11.3 Å². The van der Waals surface area contributed by atoms with E-state index in [9.17, 15) is 9.59 Å². The quantitative estimate of drug-likeness (QED) is 0.239. The summed E-state index contributed by atoms with van der Waals surface area (Å²) in [5.74, 6) is 3.31. The second-order valence-electron chi connectivity index (χ2n) is 12.7. The van der Waals surface area contributed by atoms with E-state index in [4.69, 9.17) is 9.84 Å². The van der Waals surface area contributed by atoms with E-state index in [0.717, 1.165) is 42.4 Å². The second-order valence-corrected chi connectivity index (χ2v) is 12.7. The summed E-state index contributed by atoms with van der Waals surface area (Å²) in [7, 11) is 0. The highest BCUT2D eigenvalue weighted by molar-refractivity contribution is 6.04. The molecule has 0 heterocycles. The Morgan fingerprint density at radius 3 is 2.03 bits per heavy atom. The smallest absolute Gasteiger partial charge is 0.335 e. The van der Waals surface area contributed by atoms with Gasteiger partial charge in [-0.1, -0.05) is 39.0 Å². The van der Waals surface area contributed by atoms with Crippen LogP contribution in [0.2, 0.25) is 0 Å². The van der Waals surface area contributed by atoms with Crippen molar-refractivity contribution in [1.82, 2.24) is 0 Å². The molecule has 1 unspecified atom stereocenters. The molecule has 0 saturated heterocycles. The van der Waals surface area contributed by atoms with Crippen LogP contribution in [0.3, 0.4) is 0 Å². The molecule has 4 saturated carbocycles. The topological polar surface area (TPSA) is 75.6 Å². The fraction of sp³-hybridized carbons (Fsp3) is 0.588. The summed E-state index contributed by atoms with van der Waals surface area (Å²) >= 11 is 0. The monoisotopic (exact) mass is 531 g/mol. The van der Waals surface area contributed by atoms with E-state index in [1.165, 1.54) is 89.2 Å². The van der Waals surface area contributed by atoms with Crippen molar-refractivity contribution in [1.29, 1.82) is 0 Å². The van der Waals surface area contributed by atoms with Gasteiger partial charge in [-0.3, -0.25) is 4.79 Å². The average molecular weight is 532 g/mol. The molecule has 0 aromatic heterocycles. The van der Waals surface area contributed by atoms with Crippen molar-refractivity contribution in [3.8, 4) is 5.75 Å². The van der Waals surface area contributed by atoms with Gasteiger partial charge in [0.1, 0.15) is 5.75 Å². The number of nitrogens with one attached hydrogen (secondary N) is 1. The highest BCUT2D eigenvalue weighted by Gasteiger charge is 2.53. The van der Waals surface area contributed by atoms with Crippen molar-refractivity contribution in [2.75, 3.05) is 11.9 Å². The molecule has 4 aliphatic rings. The van der Waals surface area contributed by atoms with Crippen LogP contribution >= 0.6 is 0 Å². The first-order valence-electron chi connectivity index (χ1n) is 15.3. The predicted octanol–water partition coefficient (Wildman–Crippen LogP) is 8.60. The Bertz CT molecular complexity index is 1070. The standard InChI is InChI=1S/C34H45NO4/c1-2-3-4-5-6-7-29(34-21-24-18-25(22-34)20-26(19-24)23-34)16-17-39-31-14-10-27(11-15-31)32(36)35-30-12-8-28(9-13-30)33(37)38/h8-15,24-26,29H,2-7,16-23H2,1H3,(H,35,36)(H,37,38). The van der Waals surface area contributed by atoms with Crippen LogP contribution in [-0.2, 0) is 0 Å². The summed E-state index contributed by atoms with van der Waals surface area (Å²) in [5, 5.41) is 11.9. The molecule has 2 aromatic rings. The fourth-order valence-corrected chi connectivity index (χ4v) is 8.35. The molecule has 1 amide bonds. The van der Waals surface area contributed by atoms with Gasteiger partial charge >= 0.3 is 5.97 Å². The summed E-state index contributed by atoms with van der Waals surface area (Å²) in [6.07, 6.45) is 18.1. The third kappa shape index (κ3) is 6.85. The molecule has 0 aliphatic heterocycles. The number of aromatic carboxylic acids is 1. The highest BCUT2D eigenvalue weighted by Crippen LogP contribution is 2.63. The molecule has 0 spiro atoms. The highest BCUT2D eigenvalue weighted by atomic mass is 16.5. The Morgan fingerprint density at radius 1 is 0.846 bits per heavy atom. The Labute approximate surface area is 233 Å². The molecule has 0 radical (unpaired) electrons. The fourth-order valence-electron chi connectivity index (χ4n) is 8.35. The van der Waals surface area contributed by atoms with Crippen LogP contribution < -0.4 is 10.1 Å². The third-order valence-corrected chi connectivity index (χ3v) is 9.85. The van der Waals surface area contributed by atoms with Gasteiger partial charge in [-0.2, -0.15) is 0 Å². The molecule has 4 bridgehead atoms. The third-order valence-electron chi connectivity index (χ3n) is 9.85. The normalized spacial score (nSPS) is 25.8. The van der Waals surface area contributed by atoms with Gasteiger partial charge < -0.3 is 15.2 Å². The van der Waals surface area contributed by atoms with E-state index in [-0.39, 0.29) is 11.5 Å². The van der Waals surface area contributed by atoms with Crippen molar-refractivity contribution in [2.24, 2.45) is 29.1 Å². The van der Waals surface area contributed by atoms with Crippen molar-refractivity contribution in [3.05, 3.63) is 59.7 Å². The van der Waals surface area contributed by atoms with Gasteiger partial charge in [0.05, 0.1) is 12.2 Å². The number of anilines is 1. The number of amides is 1. The van der Waals surface area contributed by atoms with E-state index in [1.54, 1.807) is 24.3 Å². The molecule has 4 fully saturated rings. The zero-order chi connectivity index (χ0) is 27.2. The van der Waals surface area contributed by atoms with Crippen LogP contribution in [0, 0.1) is 29.1 Å². The molecule has 39 heavy (non-hydrogen) atoms. The lowest BCUT2D eigenvalue weighted by molar-refractivity contribution is -0.0933. The Balaban J connectivity index is 1.15. The van der Waals surface area contributed by atoms with Crippen LogP contribution in [0.5, 0.6) is 5.75 Å². The number of carbonyl (C=O) groups is 2. The molecule has 2 N–H and O–H groups in total. The SMILES string of the molecule is CCCCCCCC(CCOc1ccc(C(=O)Nc2ccc(C(=O)O)cc2)cc1)C12CC3CC(CC(C3)C1)C2. The Morgan fingerprint density at radius 2 is 1.44 bits per heavy atom. The number of benzene rings is 2. The van der Waals surface area contributed by atoms with E-state index >= 15 is 0 Å². The zero-order valence-electron chi connectivity index (χ0n) is 23.5. The number of carbonyl (C=O) groups excluding carboxylic acids is 1. The molecule has 5 nitrogen and oxygen atoms in total. The predicted molar refractivity (Wildman–Crippen MR) is 155 cm³/mol. The number of carboxylic acid groups (broad SMARTS) is 1. The van der Waals surface area contributed by atoms with Gasteiger partial charge in [-0.05, 0) is 129 Å². The Kier molecular flexibility index (Phi) is 8.94. The van der Waals surface area contributed by atoms with Gasteiger partial charge in [-0.15, -0.1) is 0 Å². The summed E-state index contributed by atoms with van der Waals surface area (Å²) in [6, 6.07) is 13.5. The minimum absolute atomic E-state index is 0.191. The van der Waals surface area contributed by atoms with Crippen molar-refractivity contribution < 1.29 is 19.4 Å². The summed E-state index contributed by atoms with van der Waals surface area (Å²) in [6.45, 7) is 3.03. The van der Waals surface area contributed by atoms with E-state index in [1.807, 2.05) is 12.1 Å². The summed E-state index contributed by atoms with van der Waals surface area (Å²) in [5.41, 5.74) is 1.86. The van der Waals surface area contributed by atoms with Gasteiger partial charge in [0.2, 0.25) is 0 Å². The number of unbranched alkanes of at least 4 members (excludes halogenated alkanes) is 4. The van der Waals surface area contributed by atoms with E-state index in [2.05, 4.69) is 12.2 Å². The van der Waals surface area contributed by atoms with Crippen molar-refractivity contribution in [3.63, 3.8) is 0 Å². The molecule has 4 aliphatic carbocycles. The van der Waals surface area contributed by atoms with Gasteiger partial charge in [-0.25, -0.2) is 4.79 Å². The second kappa shape index (κ2) is 12.6. The maximum atomic E-state index is 12.7. The lowest BCUT2D eigenvalue weighted by Crippen LogP contribution is -2.49. The molecule has 1 atom stereocenters. The van der Waals surface area contributed by atoms with Crippen LogP contribution in [0.15, 0.2) is 48.5 Å². The van der Waals surface area contributed by atoms with Gasteiger partial charge in [0.25, 0.3) is 5.91 Å². The van der Waals surface area contributed by atoms with E-state index < -0.39 is 5.97 Å². The van der Waals surface area contributed by atoms with E-state index in [0.29, 0.717) is 16.7 Å². The maximum Gasteiger partial charge on any atom is 0.335 e. The molecule has 2 aromatic carbocycles. The lowest BCUT2D eigenvalue weighted by Gasteiger charge is -2.60. The van der Waals surface area contributed by atoms with Crippen LogP contribution in [-0.4, -0.2) is 23.6 Å². The number of hydrogen-bond acceptors (Lipinski definition) is 3. The first kappa shape index (κ1) is 27.7. The molecular weight excluding hydrogens is 486 g/mol. The summed E-state index contributed by atoms with van der Waals surface area (Å²) < 4.78 is 6.25. The van der Waals surface area contributed by atoms with Crippen molar-refractivity contribution in [2.45, 2.75) is 90.4 Å². The minimum Gasteiger partial charge on any atom is -0.494 e. The molecule has 6 rings (SSSR count). The maximum absolute atomic E-state index is 12.7. The molecule has 210 valence electrons. The van der Waals surface area contributed by atoms with Crippen LogP contribution in [0.25, 0.3) is 0 Å². The summed E-state index contributed by atoms with van der Waals surface area (Å²) in [4.78, 5) is 23.7. The first-order valence-corrected chi connectivity index (χ1v) is 15.3. The zero-order valence-corrected chi connectivity index (χ0v) is 23.5. The first-order chi connectivity index (χ1) is 18.9. The molecule has 5 heteroatoms. The lowest BCUT2D eigenvalue weighted by atomic mass is 9.46. The number of hydrogen-bond donors (Lipinski definition) is 2. The Hall–Kier alpha value is -2.82. The largest absolute Gasteiger partial charge is 0.494 e. The van der Waals surface area contributed by atoms with Gasteiger partial charge in [0.15, 0.2) is 0 Å².